The molecular weight excluding hydrogens is 242 g/mol. The summed E-state index contributed by atoms with van der Waals surface area (Å²) in [6.45, 7) is 1.07. The van der Waals surface area contributed by atoms with Crippen LogP contribution in [0.2, 0.25) is 0 Å². The summed E-state index contributed by atoms with van der Waals surface area (Å²) >= 11 is 0. The molecule has 0 unspecified atom stereocenters. The second-order valence-corrected chi connectivity index (χ2v) is 4.55. The number of hydrogen-bond donors (Lipinski definition) is 2. The third kappa shape index (κ3) is 6.35. The Morgan fingerprint density at radius 1 is 1.26 bits per heavy atom. The van der Waals surface area contributed by atoms with Gasteiger partial charge in [-0.2, -0.15) is 5.26 Å². The van der Waals surface area contributed by atoms with Crippen LogP contribution in [0.5, 0.6) is 0 Å². The molecule has 0 bridgehead atoms. The Labute approximate surface area is 114 Å². The molecule has 104 valence electrons. The average Bonchev–Trinajstić information content (AvgIpc) is 2.44. The smallest absolute Gasteiger partial charge is 0.0720 e. The van der Waals surface area contributed by atoms with Crippen molar-refractivity contribution in [2.75, 3.05) is 13.2 Å². The lowest BCUT2D eigenvalue weighted by molar-refractivity contribution is 0.0535. The van der Waals surface area contributed by atoms with E-state index in [1.807, 2.05) is 36.4 Å². The van der Waals surface area contributed by atoms with Crippen LogP contribution < -0.4 is 0 Å². The molecule has 0 spiro atoms. The molecule has 0 saturated carbocycles. The molecule has 0 aliphatic carbocycles. The van der Waals surface area contributed by atoms with Gasteiger partial charge in [-0.15, -0.1) is 0 Å². The number of nitrogens with zero attached hydrogens (tertiary/aromatic N) is 1. The SMILES string of the molecule is N#CC[C@H](O)[C@@H](CO)CCCOCc1ccccc1. The number of benzene rings is 1. The predicted molar refractivity (Wildman–Crippen MR) is 72.1 cm³/mol. The number of nitriles is 1. The van der Waals surface area contributed by atoms with Crippen LogP contribution in [0.15, 0.2) is 30.3 Å². The summed E-state index contributed by atoms with van der Waals surface area (Å²) in [5, 5.41) is 27.3. The minimum absolute atomic E-state index is 0.0656. The number of aliphatic hydroxyl groups excluding tert-OH is 2. The summed E-state index contributed by atoms with van der Waals surface area (Å²) in [7, 11) is 0. The van der Waals surface area contributed by atoms with Crippen LogP contribution in [0.3, 0.4) is 0 Å². The Bertz CT molecular complexity index is 375. The van der Waals surface area contributed by atoms with Crippen molar-refractivity contribution in [2.24, 2.45) is 5.92 Å². The molecule has 1 aromatic carbocycles. The summed E-state index contributed by atoms with van der Waals surface area (Å²) in [5.41, 5.74) is 1.13. The van der Waals surface area contributed by atoms with Gasteiger partial charge in [0.15, 0.2) is 0 Å². The number of hydrogen-bond acceptors (Lipinski definition) is 4. The Morgan fingerprint density at radius 2 is 2.00 bits per heavy atom. The van der Waals surface area contributed by atoms with Crippen molar-refractivity contribution in [3.63, 3.8) is 0 Å². The average molecular weight is 263 g/mol. The monoisotopic (exact) mass is 263 g/mol. The quantitative estimate of drug-likeness (QED) is 0.667. The van der Waals surface area contributed by atoms with Crippen LogP contribution in [-0.4, -0.2) is 29.5 Å². The number of ether oxygens (including phenoxy) is 1. The van der Waals surface area contributed by atoms with Crippen LogP contribution in [0.4, 0.5) is 0 Å². The Hall–Kier alpha value is -1.41. The van der Waals surface area contributed by atoms with Crippen LogP contribution in [0.25, 0.3) is 0 Å². The molecule has 0 saturated heterocycles. The number of aliphatic hydroxyl groups is 2. The van der Waals surface area contributed by atoms with Gasteiger partial charge in [0.2, 0.25) is 0 Å². The summed E-state index contributed by atoms with van der Waals surface area (Å²) in [5.74, 6) is -0.236. The first kappa shape index (κ1) is 15.6. The van der Waals surface area contributed by atoms with E-state index >= 15 is 0 Å². The van der Waals surface area contributed by atoms with Crippen molar-refractivity contribution in [3.8, 4) is 6.07 Å². The topological polar surface area (TPSA) is 73.5 Å². The maximum Gasteiger partial charge on any atom is 0.0720 e. The molecule has 4 heteroatoms. The lowest BCUT2D eigenvalue weighted by atomic mass is 9.96. The predicted octanol–water partition coefficient (Wildman–Crippen LogP) is 1.87. The van der Waals surface area contributed by atoms with Crippen molar-refractivity contribution in [1.82, 2.24) is 0 Å². The highest BCUT2D eigenvalue weighted by Crippen LogP contribution is 2.14. The molecule has 0 amide bonds. The summed E-state index contributed by atoms with van der Waals surface area (Å²) in [6, 6.07) is 11.8. The summed E-state index contributed by atoms with van der Waals surface area (Å²) in [4.78, 5) is 0. The van der Waals surface area contributed by atoms with E-state index in [0.29, 0.717) is 19.6 Å². The normalized spacial score (nSPS) is 13.7. The first-order chi connectivity index (χ1) is 9.27. The van der Waals surface area contributed by atoms with Crippen molar-refractivity contribution in [1.29, 1.82) is 5.26 Å². The number of rotatable bonds is 9. The van der Waals surface area contributed by atoms with E-state index < -0.39 is 6.10 Å². The van der Waals surface area contributed by atoms with E-state index in [2.05, 4.69) is 0 Å². The van der Waals surface area contributed by atoms with E-state index in [4.69, 9.17) is 15.1 Å². The highest BCUT2D eigenvalue weighted by molar-refractivity contribution is 5.13. The zero-order chi connectivity index (χ0) is 13.9. The molecule has 19 heavy (non-hydrogen) atoms. The van der Waals surface area contributed by atoms with Crippen molar-refractivity contribution in [2.45, 2.75) is 32.0 Å². The van der Waals surface area contributed by atoms with Gasteiger partial charge in [-0.3, -0.25) is 0 Å². The van der Waals surface area contributed by atoms with Crippen LogP contribution in [0.1, 0.15) is 24.8 Å². The first-order valence-corrected chi connectivity index (χ1v) is 6.55. The van der Waals surface area contributed by atoms with E-state index in [1.165, 1.54) is 0 Å². The zero-order valence-corrected chi connectivity index (χ0v) is 11.0. The van der Waals surface area contributed by atoms with Crippen LogP contribution >= 0.6 is 0 Å². The molecule has 0 aliphatic heterocycles. The molecule has 0 aromatic heterocycles. The maximum atomic E-state index is 9.62. The van der Waals surface area contributed by atoms with Gasteiger partial charge < -0.3 is 14.9 Å². The largest absolute Gasteiger partial charge is 0.396 e. The summed E-state index contributed by atoms with van der Waals surface area (Å²) < 4.78 is 5.53. The lowest BCUT2D eigenvalue weighted by Crippen LogP contribution is -2.23. The molecule has 0 heterocycles. The maximum absolute atomic E-state index is 9.62. The van der Waals surface area contributed by atoms with Gasteiger partial charge in [0, 0.05) is 19.1 Å². The van der Waals surface area contributed by atoms with Gasteiger partial charge >= 0.3 is 0 Å². The van der Waals surface area contributed by atoms with Gasteiger partial charge in [0.25, 0.3) is 0 Å². The van der Waals surface area contributed by atoms with Gasteiger partial charge in [0.05, 0.1) is 25.2 Å². The first-order valence-electron chi connectivity index (χ1n) is 6.55. The van der Waals surface area contributed by atoms with Gasteiger partial charge in [-0.1, -0.05) is 30.3 Å². The Kier molecular flexibility index (Phi) is 7.83. The lowest BCUT2D eigenvalue weighted by Gasteiger charge is -2.18. The standard InChI is InChI=1S/C15H21NO3/c16-9-8-15(18)14(11-17)7-4-10-19-12-13-5-2-1-3-6-13/h1-3,5-6,14-15,17-18H,4,7-8,10-12H2/t14-,15+/m1/s1. The molecule has 0 radical (unpaired) electrons. The van der Waals surface area contributed by atoms with E-state index in [1.54, 1.807) is 0 Å². The molecule has 1 rings (SSSR count). The van der Waals surface area contributed by atoms with Crippen LogP contribution in [0, 0.1) is 17.2 Å². The minimum atomic E-state index is -0.746. The van der Waals surface area contributed by atoms with Crippen molar-refractivity contribution >= 4 is 0 Å². The van der Waals surface area contributed by atoms with E-state index in [9.17, 15) is 5.11 Å². The van der Waals surface area contributed by atoms with E-state index in [0.717, 1.165) is 12.0 Å². The second kappa shape index (κ2) is 9.51. The molecule has 1 aromatic rings. The highest BCUT2D eigenvalue weighted by Gasteiger charge is 2.17. The van der Waals surface area contributed by atoms with Crippen molar-refractivity contribution < 1.29 is 14.9 Å². The molecular formula is C15H21NO3. The zero-order valence-electron chi connectivity index (χ0n) is 11.0. The Morgan fingerprint density at radius 3 is 2.63 bits per heavy atom. The van der Waals surface area contributed by atoms with Crippen LogP contribution in [-0.2, 0) is 11.3 Å². The fourth-order valence-electron chi connectivity index (χ4n) is 1.88. The van der Waals surface area contributed by atoms with Gasteiger partial charge in [-0.05, 0) is 18.4 Å². The molecule has 0 fully saturated rings. The molecule has 2 N–H and O–H groups in total. The minimum Gasteiger partial charge on any atom is -0.396 e. The second-order valence-electron chi connectivity index (χ2n) is 4.55. The fourth-order valence-corrected chi connectivity index (χ4v) is 1.88. The summed E-state index contributed by atoms with van der Waals surface area (Å²) in [6.07, 6.45) is 0.745. The fraction of sp³-hybridized carbons (Fsp3) is 0.533. The van der Waals surface area contributed by atoms with Gasteiger partial charge in [-0.25, -0.2) is 0 Å². The highest BCUT2D eigenvalue weighted by atomic mass is 16.5. The molecule has 4 nitrogen and oxygen atoms in total. The molecule has 0 aliphatic rings. The third-order valence-corrected chi connectivity index (χ3v) is 3.05. The van der Waals surface area contributed by atoms with E-state index in [-0.39, 0.29) is 18.9 Å². The Balaban J connectivity index is 2.14. The van der Waals surface area contributed by atoms with Gasteiger partial charge in [0.1, 0.15) is 0 Å². The third-order valence-electron chi connectivity index (χ3n) is 3.05. The molecule has 2 atom stereocenters. The van der Waals surface area contributed by atoms with Crippen molar-refractivity contribution in [3.05, 3.63) is 35.9 Å².